The molecule has 1 aromatic carbocycles. The van der Waals surface area contributed by atoms with Gasteiger partial charge in [0.15, 0.2) is 0 Å². The van der Waals surface area contributed by atoms with E-state index in [0.717, 1.165) is 24.8 Å². The third kappa shape index (κ3) is 6.77. The topological polar surface area (TPSA) is 90.2 Å². The summed E-state index contributed by atoms with van der Waals surface area (Å²) < 4.78 is 5.49. The van der Waals surface area contributed by atoms with Crippen molar-refractivity contribution in [2.75, 3.05) is 13.7 Å². The molecule has 0 saturated carbocycles. The molecule has 1 rings (SSSR count). The van der Waals surface area contributed by atoms with Gasteiger partial charge in [0.05, 0.1) is 18.8 Å². The Hall–Kier alpha value is -1.14. The van der Waals surface area contributed by atoms with Gasteiger partial charge >= 0.3 is 0 Å². The molecule has 3 unspecified atom stereocenters. The Labute approximate surface area is 144 Å². The Morgan fingerprint density at radius 1 is 1.17 bits per heavy atom. The quantitative estimate of drug-likeness (QED) is 0.469. The lowest BCUT2D eigenvalue weighted by atomic mass is 9.91. The van der Waals surface area contributed by atoms with E-state index >= 15 is 0 Å². The molecule has 0 saturated heterocycles. The normalized spacial score (nSPS) is 15.2. The molecule has 0 aliphatic heterocycles. The highest BCUT2D eigenvalue weighted by Crippen LogP contribution is 2.22. The number of methoxy groups -OCH3 is 1. The van der Waals surface area contributed by atoms with Gasteiger partial charge in [0.1, 0.15) is 5.75 Å². The van der Waals surface area contributed by atoms with Gasteiger partial charge in [-0.05, 0) is 43.4 Å². The maximum atomic E-state index is 10.3. The Bertz CT molecular complexity index is 463. The zero-order valence-corrected chi connectivity index (χ0v) is 14.8. The molecule has 4 N–H and O–H groups in total. The van der Waals surface area contributed by atoms with E-state index in [1.54, 1.807) is 25.3 Å². The average Bonchev–Trinajstić information content (AvgIpc) is 2.60. The summed E-state index contributed by atoms with van der Waals surface area (Å²) in [6.07, 6.45) is 4.07. The van der Waals surface area contributed by atoms with Gasteiger partial charge in [-0.25, -0.2) is 0 Å². The summed E-state index contributed by atoms with van der Waals surface area (Å²) in [6, 6.07) is 5.12. The van der Waals surface area contributed by atoms with E-state index in [4.69, 9.17) is 4.74 Å². The minimum atomic E-state index is -0.517. The van der Waals surface area contributed by atoms with Crippen LogP contribution in [0.15, 0.2) is 18.2 Å². The molecular formula is C19H32O5. The molecular weight excluding hydrogens is 308 g/mol. The fourth-order valence-electron chi connectivity index (χ4n) is 2.98. The minimum Gasteiger partial charge on any atom is -0.508 e. The minimum absolute atomic E-state index is 0.0549. The number of phenols is 1. The van der Waals surface area contributed by atoms with Crippen LogP contribution in [0.1, 0.15) is 50.2 Å². The first-order chi connectivity index (χ1) is 11.5. The molecule has 0 heterocycles. The largest absolute Gasteiger partial charge is 0.508 e. The standard InChI is InChI=1S/C19H32O5/c1-3-4-5-15(12-20)19(24-2)11-17(22)8-6-14-7-9-18(23)16(10-14)13-21/h7,9-10,15,17,19-23H,3-6,8,11-13H2,1-2H3. The van der Waals surface area contributed by atoms with Crippen molar-refractivity contribution in [3.8, 4) is 5.75 Å². The van der Waals surface area contributed by atoms with Crippen LogP contribution in [0, 0.1) is 5.92 Å². The summed E-state index contributed by atoms with van der Waals surface area (Å²) in [7, 11) is 1.62. The van der Waals surface area contributed by atoms with Gasteiger partial charge in [-0.2, -0.15) is 0 Å². The van der Waals surface area contributed by atoms with Gasteiger partial charge in [0, 0.05) is 25.2 Å². The van der Waals surface area contributed by atoms with Crippen LogP contribution in [0.25, 0.3) is 0 Å². The first-order valence-electron chi connectivity index (χ1n) is 8.79. The number of rotatable bonds is 12. The maximum absolute atomic E-state index is 10.3. The zero-order chi connectivity index (χ0) is 17.9. The van der Waals surface area contributed by atoms with E-state index in [2.05, 4.69) is 6.92 Å². The van der Waals surface area contributed by atoms with Crippen LogP contribution in [0.4, 0.5) is 0 Å². The van der Waals surface area contributed by atoms with Crippen LogP contribution in [-0.4, -0.2) is 46.4 Å². The van der Waals surface area contributed by atoms with Gasteiger partial charge in [0.25, 0.3) is 0 Å². The third-order valence-corrected chi connectivity index (χ3v) is 4.58. The highest BCUT2D eigenvalue weighted by molar-refractivity contribution is 5.35. The Balaban J connectivity index is 2.52. The van der Waals surface area contributed by atoms with Crippen LogP contribution in [0.3, 0.4) is 0 Å². The number of unbranched alkanes of at least 4 members (excludes halogenated alkanes) is 1. The number of aliphatic hydroxyl groups excluding tert-OH is 3. The van der Waals surface area contributed by atoms with Crippen LogP contribution in [-0.2, 0) is 17.8 Å². The van der Waals surface area contributed by atoms with Gasteiger partial charge in [-0.15, -0.1) is 0 Å². The molecule has 0 aliphatic carbocycles. The van der Waals surface area contributed by atoms with Gasteiger partial charge in [-0.1, -0.05) is 25.8 Å². The third-order valence-electron chi connectivity index (χ3n) is 4.58. The fourth-order valence-corrected chi connectivity index (χ4v) is 2.98. The molecule has 1 aromatic rings. The SMILES string of the molecule is CCCCC(CO)C(CC(O)CCc1ccc(O)c(CO)c1)OC. The van der Waals surface area contributed by atoms with Gasteiger partial charge in [0.2, 0.25) is 0 Å². The van der Waals surface area contributed by atoms with E-state index in [0.29, 0.717) is 24.8 Å². The predicted octanol–water partition coefficient (Wildman–Crippen LogP) is 2.38. The molecule has 5 nitrogen and oxygen atoms in total. The van der Waals surface area contributed by atoms with Crippen LogP contribution in [0.5, 0.6) is 5.75 Å². The summed E-state index contributed by atoms with van der Waals surface area (Å²) in [6.45, 7) is 1.98. The van der Waals surface area contributed by atoms with Crippen molar-refractivity contribution in [2.24, 2.45) is 5.92 Å². The number of aliphatic hydroxyl groups is 3. The second-order valence-electron chi connectivity index (χ2n) is 6.41. The molecule has 0 aliphatic rings. The molecule has 138 valence electrons. The Morgan fingerprint density at radius 2 is 1.92 bits per heavy atom. The van der Waals surface area contributed by atoms with E-state index < -0.39 is 6.10 Å². The number of ether oxygens (including phenoxy) is 1. The van der Waals surface area contributed by atoms with E-state index in [1.807, 2.05) is 0 Å². The van der Waals surface area contributed by atoms with Crippen molar-refractivity contribution in [2.45, 2.75) is 64.3 Å². The second kappa shape index (κ2) is 11.4. The second-order valence-corrected chi connectivity index (χ2v) is 6.41. The van der Waals surface area contributed by atoms with Crippen LogP contribution < -0.4 is 0 Å². The number of aryl methyl sites for hydroxylation is 1. The number of hydrogen-bond acceptors (Lipinski definition) is 5. The summed E-state index contributed by atoms with van der Waals surface area (Å²) >= 11 is 0. The summed E-state index contributed by atoms with van der Waals surface area (Å²) in [5.74, 6) is 0.141. The Kier molecular flexibility index (Phi) is 9.95. The zero-order valence-electron chi connectivity index (χ0n) is 14.8. The first kappa shape index (κ1) is 20.9. The molecule has 0 aromatic heterocycles. The lowest BCUT2D eigenvalue weighted by Crippen LogP contribution is -2.30. The van der Waals surface area contributed by atoms with E-state index in [-0.39, 0.29) is 31.0 Å². The van der Waals surface area contributed by atoms with Crippen molar-refractivity contribution >= 4 is 0 Å². The van der Waals surface area contributed by atoms with E-state index in [1.165, 1.54) is 0 Å². The number of benzene rings is 1. The van der Waals surface area contributed by atoms with Crippen LogP contribution in [0.2, 0.25) is 0 Å². The first-order valence-corrected chi connectivity index (χ1v) is 8.79. The number of hydrogen-bond donors (Lipinski definition) is 4. The molecule has 3 atom stereocenters. The van der Waals surface area contributed by atoms with Crippen LogP contribution >= 0.6 is 0 Å². The molecule has 0 amide bonds. The molecule has 0 bridgehead atoms. The van der Waals surface area contributed by atoms with Gasteiger partial charge < -0.3 is 25.2 Å². The predicted molar refractivity (Wildman–Crippen MR) is 93.9 cm³/mol. The van der Waals surface area contributed by atoms with Crippen molar-refractivity contribution < 1.29 is 25.2 Å². The van der Waals surface area contributed by atoms with Crippen molar-refractivity contribution in [3.63, 3.8) is 0 Å². The van der Waals surface area contributed by atoms with Gasteiger partial charge in [-0.3, -0.25) is 0 Å². The molecule has 0 radical (unpaired) electrons. The fraction of sp³-hybridized carbons (Fsp3) is 0.684. The molecule has 0 fully saturated rings. The highest BCUT2D eigenvalue weighted by Gasteiger charge is 2.23. The average molecular weight is 340 g/mol. The monoisotopic (exact) mass is 340 g/mol. The molecule has 0 spiro atoms. The van der Waals surface area contributed by atoms with E-state index in [9.17, 15) is 20.4 Å². The smallest absolute Gasteiger partial charge is 0.121 e. The Morgan fingerprint density at radius 3 is 2.50 bits per heavy atom. The molecule has 5 heteroatoms. The summed E-state index contributed by atoms with van der Waals surface area (Å²) in [4.78, 5) is 0. The maximum Gasteiger partial charge on any atom is 0.121 e. The number of aromatic hydroxyl groups is 1. The van der Waals surface area contributed by atoms with Crippen molar-refractivity contribution in [1.82, 2.24) is 0 Å². The van der Waals surface area contributed by atoms with Crippen molar-refractivity contribution in [1.29, 1.82) is 0 Å². The summed E-state index contributed by atoms with van der Waals surface area (Å²) in [5, 5.41) is 38.6. The lowest BCUT2D eigenvalue weighted by molar-refractivity contribution is -0.0133. The van der Waals surface area contributed by atoms with Crippen molar-refractivity contribution in [3.05, 3.63) is 29.3 Å². The molecule has 24 heavy (non-hydrogen) atoms. The summed E-state index contributed by atoms with van der Waals surface area (Å²) in [5.41, 5.74) is 1.46. The lowest BCUT2D eigenvalue weighted by Gasteiger charge is -2.26. The highest BCUT2D eigenvalue weighted by atomic mass is 16.5.